The molecule has 0 bridgehead atoms. The molecule has 0 unspecified atom stereocenters. The van der Waals surface area contributed by atoms with Gasteiger partial charge in [0.05, 0.1) is 13.7 Å². The molecule has 7 heteroatoms. The second kappa shape index (κ2) is 10.8. The molecule has 2 amide bonds. The fraction of sp³-hybridized carbons (Fsp3) is 0.615. The molecule has 0 saturated carbocycles. The number of hydrogen-bond acceptors (Lipinski definition) is 5. The highest BCUT2D eigenvalue weighted by Crippen LogP contribution is 1.94. The summed E-state index contributed by atoms with van der Waals surface area (Å²) < 4.78 is 9.22. The number of methoxy groups -OCH3 is 1. The molecule has 0 aliphatic rings. The Bertz CT molecular complexity index is 355. The lowest BCUT2D eigenvalue weighted by Crippen LogP contribution is -2.40. The van der Waals surface area contributed by atoms with Crippen molar-refractivity contribution >= 4 is 18.0 Å². The monoisotopic (exact) mass is 286 g/mol. The largest absolute Gasteiger partial charge is 0.466 e. The number of hydrogen-bond donors (Lipinski definition) is 1. The van der Waals surface area contributed by atoms with E-state index in [-0.39, 0.29) is 12.6 Å². The molecule has 0 aromatic carbocycles. The summed E-state index contributed by atoms with van der Waals surface area (Å²) in [5.74, 6) is -1.23. The van der Waals surface area contributed by atoms with E-state index in [4.69, 9.17) is 4.74 Å². The van der Waals surface area contributed by atoms with E-state index in [2.05, 4.69) is 10.1 Å². The Morgan fingerprint density at radius 2 is 1.80 bits per heavy atom. The zero-order valence-corrected chi connectivity index (χ0v) is 12.2. The fourth-order valence-corrected chi connectivity index (χ4v) is 1.35. The van der Waals surface area contributed by atoms with E-state index in [1.807, 2.05) is 13.8 Å². The Morgan fingerprint density at radius 3 is 2.35 bits per heavy atom. The van der Waals surface area contributed by atoms with Crippen molar-refractivity contribution in [3.8, 4) is 0 Å². The number of esters is 2. The lowest BCUT2D eigenvalue weighted by Gasteiger charge is -2.20. The second-order valence-corrected chi connectivity index (χ2v) is 3.79. The van der Waals surface area contributed by atoms with Gasteiger partial charge < -0.3 is 19.7 Å². The van der Waals surface area contributed by atoms with Crippen LogP contribution in [0.4, 0.5) is 4.79 Å². The standard InChI is InChI=1S/C13H22N2O5/c1-4-14-13(18)15(5-2)9-6-10-20-12(17)8-7-11(16)19-3/h7-8H,4-6,9-10H2,1-3H3,(H,14,18)/b8-7+. The third-order valence-electron chi connectivity index (χ3n) is 2.37. The van der Waals surface area contributed by atoms with Gasteiger partial charge in [0.1, 0.15) is 0 Å². The van der Waals surface area contributed by atoms with Crippen molar-refractivity contribution in [2.75, 3.05) is 33.4 Å². The summed E-state index contributed by atoms with van der Waals surface area (Å²) in [4.78, 5) is 35.1. The van der Waals surface area contributed by atoms with Gasteiger partial charge in [-0.1, -0.05) is 0 Å². The number of urea groups is 1. The maximum atomic E-state index is 11.6. The number of nitrogens with one attached hydrogen (secondary N) is 1. The first-order chi connectivity index (χ1) is 9.54. The number of amides is 2. The zero-order valence-electron chi connectivity index (χ0n) is 12.2. The van der Waals surface area contributed by atoms with Crippen LogP contribution in [-0.4, -0.2) is 56.2 Å². The third kappa shape index (κ3) is 8.12. The van der Waals surface area contributed by atoms with Crippen molar-refractivity contribution in [3.63, 3.8) is 0 Å². The molecule has 7 nitrogen and oxygen atoms in total. The molecule has 0 spiro atoms. The van der Waals surface area contributed by atoms with Crippen molar-refractivity contribution in [3.05, 3.63) is 12.2 Å². The molecule has 0 aliphatic carbocycles. The van der Waals surface area contributed by atoms with Gasteiger partial charge in [-0.15, -0.1) is 0 Å². The Balaban J connectivity index is 3.89. The minimum absolute atomic E-state index is 0.132. The third-order valence-corrected chi connectivity index (χ3v) is 2.37. The summed E-state index contributed by atoms with van der Waals surface area (Å²) in [6, 6.07) is -0.132. The van der Waals surface area contributed by atoms with Gasteiger partial charge in [0.25, 0.3) is 0 Å². The van der Waals surface area contributed by atoms with E-state index in [1.54, 1.807) is 4.90 Å². The van der Waals surface area contributed by atoms with Gasteiger partial charge >= 0.3 is 18.0 Å². The minimum Gasteiger partial charge on any atom is -0.466 e. The lowest BCUT2D eigenvalue weighted by atomic mass is 10.4. The van der Waals surface area contributed by atoms with E-state index >= 15 is 0 Å². The van der Waals surface area contributed by atoms with E-state index < -0.39 is 11.9 Å². The van der Waals surface area contributed by atoms with Gasteiger partial charge in [-0.2, -0.15) is 0 Å². The molecule has 1 N–H and O–H groups in total. The zero-order chi connectivity index (χ0) is 15.4. The molecular formula is C13H22N2O5. The first-order valence-electron chi connectivity index (χ1n) is 6.50. The summed E-state index contributed by atoms with van der Waals surface area (Å²) in [6.45, 7) is 5.56. The highest BCUT2D eigenvalue weighted by Gasteiger charge is 2.09. The van der Waals surface area contributed by atoms with Crippen molar-refractivity contribution in [2.24, 2.45) is 0 Å². The number of carbonyl (C=O) groups is 3. The molecule has 0 saturated heterocycles. The Morgan fingerprint density at radius 1 is 1.15 bits per heavy atom. The number of rotatable bonds is 8. The second-order valence-electron chi connectivity index (χ2n) is 3.79. The Labute approximate surface area is 118 Å². The predicted molar refractivity (Wildman–Crippen MR) is 73.1 cm³/mol. The average molecular weight is 286 g/mol. The highest BCUT2D eigenvalue weighted by molar-refractivity contribution is 5.91. The average Bonchev–Trinajstić information content (AvgIpc) is 2.44. The Hall–Kier alpha value is -2.05. The number of nitrogens with zero attached hydrogens (tertiary/aromatic N) is 1. The van der Waals surface area contributed by atoms with E-state index in [1.165, 1.54) is 7.11 Å². The summed E-state index contributed by atoms with van der Waals surface area (Å²) >= 11 is 0. The molecule has 0 aromatic rings. The van der Waals surface area contributed by atoms with Crippen molar-refractivity contribution in [2.45, 2.75) is 20.3 Å². The van der Waals surface area contributed by atoms with Gasteiger partial charge in [0, 0.05) is 31.8 Å². The molecule has 0 rings (SSSR count). The fourth-order valence-electron chi connectivity index (χ4n) is 1.35. The van der Waals surface area contributed by atoms with Gasteiger partial charge in [0.15, 0.2) is 0 Å². The smallest absolute Gasteiger partial charge is 0.331 e. The van der Waals surface area contributed by atoms with E-state index in [0.29, 0.717) is 26.1 Å². The van der Waals surface area contributed by atoms with Crippen LogP contribution in [0.2, 0.25) is 0 Å². The van der Waals surface area contributed by atoms with Crippen molar-refractivity contribution in [1.82, 2.24) is 10.2 Å². The molecule has 0 aliphatic heterocycles. The molecule has 114 valence electrons. The topological polar surface area (TPSA) is 84.9 Å². The first kappa shape index (κ1) is 17.9. The summed E-state index contributed by atoms with van der Waals surface area (Å²) in [5, 5.41) is 2.70. The quantitative estimate of drug-likeness (QED) is 0.403. The highest BCUT2D eigenvalue weighted by atomic mass is 16.5. The minimum atomic E-state index is -0.615. The molecule has 0 radical (unpaired) electrons. The molecule has 0 fully saturated rings. The SMILES string of the molecule is CCNC(=O)N(CC)CCCOC(=O)/C=C/C(=O)OC. The van der Waals surface area contributed by atoms with Crippen molar-refractivity contribution in [1.29, 1.82) is 0 Å². The van der Waals surface area contributed by atoms with Crippen LogP contribution in [0.1, 0.15) is 20.3 Å². The first-order valence-corrected chi connectivity index (χ1v) is 6.50. The van der Waals surface area contributed by atoms with Crippen LogP contribution in [0.3, 0.4) is 0 Å². The summed E-state index contributed by atoms with van der Waals surface area (Å²) in [5.41, 5.74) is 0. The molecule has 0 atom stereocenters. The van der Waals surface area contributed by atoms with Gasteiger partial charge in [-0.25, -0.2) is 14.4 Å². The normalized spacial score (nSPS) is 10.2. The predicted octanol–water partition coefficient (Wildman–Crippen LogP) is 0.700. The van der Waals surface area contributed by atoms with Crippen LogP contribution in [0.15, 0.2) is 12.2 Å². The number of carbonyl (C=O) groups excluding carboxylic acids is 3. The van der Waals surface area contributed by atoms with Crippen LogP contribution >= 0.6 is 0 Å². The van der Waals surface area contributed by atoms with Crippen LogP contribution in [-0.2, 0) is 19.1 Å². The van der Waals surface area contributed by atoms with Gasteiger partial charge in [-0.3, -0.25) is 0 Å². The maximum Gasteiger partial charge on any atom is 0.331 e. The van der Waals surface area contributed by atoms with Crippen LogP contribution < -0.4 is 5.32 Å². The molecule has 0 aromatic heterocycles. The Kier molecular flexibility index (Phi) is 9.72. The lowest BCUT2D eigenvalue weighted by molar-refractivity contribution is -0.139. The van der Waals surface area contributed by atoms with Crippen LogP contribution in [0, 0.1) is 0 Å². The molecular weight excluding hydrogens is 264 g/mol. The van der Waals surface area contributed by atoms with Gasteiger partial charge in [0.2, 0.25) is 0 Å². The van der Waals surface area contributed by atoms with E-state index in [0.717, 1.165) is 12.2 Å². The van der Waals surface area contributed by atoms with Crippen LogP contribution in [0.5, 0.6) is 0 Å². The summed E-state index contributed by atoms with van der Waals surface area (Å²) in [6.07, 6.45) is 2.53. The summed E-state index contributed by atoms with van der Waals surface area (Å²) in [7, 11) is 1.22. The maximum absolute atomic E-state index is 11.6. The van der Waals surface area contributed by atoms with Crippen molar-refractivity contribution < 1.29 is 23.9 Å². The number of ether oxygens (including phenoxy) is 2. The molecule has 0 heterocycles. The van der Waals surface area contributed by atoms with Crippen LogP contribution in [0.25, 0.3) is 0 Å². The van der Waals surface area contributed by atoms with Gasteiger partial charge in [-0.05, 0) is 20.3 Å². The molecule has 20 heavy (non-hydrogen) atoms. The van der Waals surface area contributed by atoms with E-state index in [9.17, 15) is 14.4 Å².